The highest BCUT2D eigenvalue weighted by Gasteiger charge is 2.04. The lowest BCUT2D eigenvalue weighted by molar-refractivity contribution is 0.356. The molecular weight excluding hydrogens is 129 g/mol. The summed E-state index contributed by atoms with van der Waals surface area (Å²) >= 11 is 0. The van der Waals surface area contributed by atoms with E-state index >= 15 is 0 Å². The van der Waals surface area contributed by atoms with Crippen LogP contribution in [0.5, 0.6) is 0 Å². The third-order valence-electron chi connectivity index (χ3n) is 1.52. The third-order valence-corrected chi connectivity index (χ3v) is 1.52. The third kappa shape index (κ3) is 4.74. The Morgan fingerprint density at radius 2 is 1.90 bits per heavy atom. The Morgan fingerprint density at radius 3 is 2.30 bits per heavy atom. The first-order chi connectivity index (χ1) is 4.70. The van der Waals surface area contributed by atoms with E-state index in [4.69, 9.17) is 0 Å². The Hall–Kier alpha value is -0.110. The second-order valence-corrected chi connectivity index (χ2v) is 2.91. The van der Waals surface area contributed by atoms with Gasteiger partial charge in [0.15, 0.2) is 0 Å². The molecule has 0 spiro atoms. The van der Waals surface area contributed by atoms with Gasteiger partial charge in [-0.1, -0.05) is 13.3 Å². The summed E-state index contributed by atoms with van der Waals surface area (Å²) in [5.41, 5.74) is 0. The van der Waals surface area contributed by atoms with Crippen LogP contribution in [-0.4, -0.2) is 18.8 Å². The van der Waals surface area contributed by atoms with E-state index in [9.17, 15) is 4.39 Å². The van der Waals surface area contributed by atoms with Gasteiger partial charge in [0.2, 0.25) is 0 Å². The van der Waals surface area contributed by atoms with Gasteiger partial charge >= 0.3 is 0 Å². The average molecular weight is 147 g/mol. The van der Waals surface area contributed by atoms with Gasteiger partial charge in [0, 0.05) is 12.1 Å². The van der Waals surface area contributed by atoms with Crippen LogP contribution in [0.2, 0.25) is 0 Å². The monoisotopic (exact) mass is 147 g/mol. The molecule has 2 unspecified atom stereocenters. The van der Waals surface area contributed by atoms with Gasteiger partial charge in [0.25, 0.3) is 0 Å². The van der Waals surface area contributed by atoms with E-state index in [1.165, 1.54) is 0 Å². The van der Waals surface area contributed by atoms with Gasteiger partial charge in [-0.3, -0.25) is 0 Å². The zero-order valence-electron chi connectivity index (χ0n) is 7.15. The van der Waals surface area contributed by atoms with Crippen molar-refractivity contribution < 1.29 is 4.39 Å². The van der Waals surface area contributed by atoms with Crippen molar-refractivity contribution in [1.29, 1.82) is 0 Å². The highest BCUT2D eigenvalue weighted by molar-refractivity contribution is 4.65. The Morgan fingerprint density at radius 1 is 1.30 bits per heavy atom. The fourth-order valence-corrected chi connectivity index (χ4v) is 1.05. The Labute approximate surface area is 63.0 Å². The molecule has 0 aliphatic carbocycles. The van der Waals surface area contributed by atoms with E-state index in [1.54, 1.807) is 0 Å². The van der Waals surface area contributed by atoms with Crippen molar-refractivity contribution in [2.45, 2.75) is 45.7 Å². The minimum atomic E-state index is -0.270. The van der Waals surface area contributed by atoms with Crippen LogP contribution in [0.4, 0.5) is 4.39 Å². The van der Waals surface area contributed by atoms with E-state index in [1.807, 2.05) is 6.92 Å². The summed E-state index contributed by atoms with van der Waals surface area (Å²) in [6.07, 6.45) is 2.29. The quantitative estimate of drug-likeness (QED) is 0.628. The van der Waals surface area contributed by atoms with Gasteiger partial charge in [-0.2, -0.15) is 0 Å². The highest BCUT2D eigenvalue weighted by atomic mass is 19.1. The number of hydrogen-bond donors (Lipinski definition) is 1. The molecule has 0 aromatic rings. The van der Waals surface area contributed by atoms with Crippen molar-refractivity contribution >= 4 is 0 Å². The Kier molecular flexibility index (Phi) is 5.60. The van der Waals surface area contributed by atoms with E-state index in [0.717, 1.165) is 12.8 Å². The molecule has 0 amide bonds. The molecule has 10 heavy (non-hydrogen) atoms. The van der Waals surface area contributed by atoms with Gasteiger partial charge in [-0.15, -0.1) is 0 Å². The van der Waals surface area contributed by atoms with Gasteiger partial charge < -0.3 is 5.32 Å². The molecule has 0 bridgehead atoms. The molecule has 0 saturated heterocycles. The molecule has 0 rings (SSSR count). The molecule has 0 aliphatic rings. The predicted molar refractivity (Wildman–Crippen MR) is 42.9 cm³/mol. The maximum Gasteiger partial charge on any atom is 0.104 e. The Bertz CT molecular complexity index is 75.7. The van der Waals surface area contributed by atoms with Crippen LogP contribution in [0.15, 0.2) is 0 Å². The molecule has 1 nitrogen and oxygen atoms in total. The van der Waals surface area contributed by atoms with Gasteiger partial charge in [-0.25, -0.2) is 4.39 Å². The van der Waals surface area contributed by atoms with Crippen LogP contribution in [0.25, 0.3) is 0 Å². The maximum atomic E-state index is 11.9. The SMILES string of the molecule is CCCC(C)NC(C)CF. The van der Waals surface area contributed by atoms with Crippen molar-refractivity contribution in [3.8, 4) is 0 Å². The van der Waals surface area contributed by atoms with E-state index < -0.39 is 0 Å². The fraction of sp³-hybridized carbons (Fsp3) is 1.00. The van der Waals surface area contributed by atoms with Crippen LogP contribution >= 0.6 is 0 Å². The first-order valence-electron chi connectivity index (χ1n) is 4.02. The molecule has 0 aromatic carbocycles. The topological polar surface area (TPSA) is 12.0 Å². The van der Waals surface area contributed by atoms with Crippen molar-refractivity contribution in [2.24, 2.45) is 0 Å². The lowest BCUT2D eigenvalue weighted by Gasteiger charge is -2.16. The summed E-state index contributed by atoms with van der Waals surface area (Å²) in [5.74, 6) is 0. The Balaban J connectivity index is 3.27. The molecule has 0 aliphatic heterocycles. The smallest absolute Gasteiger partial charge is 0.104 e. The van der Waals surface area contributed by atoms with Gasteiger partial charge in [-0.05, 0) is 20.3 Å². The van der Waals surface area contributed by atoms with Crippen molar-refractivity contribution in [3.05, 3.63) is 0 Å². The number of rotatable bonds is 5. The molecule has 1 N–H and O–H groups in total. The molecule has 0 heterocycles. The van der Waals surface area contributed by atoms with Crippen LogP contribution in [0.1, 0.15) is 33.6 Å². The van der Waals surface area contributed by atoms with E-state index in [2.05, 4.69) is 19.2 Å². The van der Waals surface area contributed by atoms with E-state index in [0.29, 0.717) is 6.04 Å². The first kappa shape index (κ1) is 9.89. The summed E-state index contributed by atoms with van der Waals surface area (Å²) in [4.78, 5) is 0. The standard InChI is InChI=1S/C8H18FN/c1-4-5-7(2)10-8(3)6-9/h7-8,10H,4-6H2,1-3H3. The highest BCUT2D eigenvalue weighted by Crippen LogP contribution is 1.96. The molecule has 2 atom stereocenters. The van der Waals surface area contributed by atoms with E-state index in [-0.39, 0.29) is 12.7 Å². The normalized spacial score (nSPS) is 16.8. The molecule has 0 fully saturated rings. The second kappa shape index (κ2) is 5.66. The first-order valence-corrected chi connectivity index (χ1v) is 4.02. The summed E-state index contributed by atoms with van der Waals surface area (Å²) < 4.78 is 11.9. The van der Waals surface area contributed by atoms with Crippen molar-refractivity contribution in [1.82, 2.24) is 5.32 Å². The molecule has 62 valence electrons. The number of nitrogens with one attached hydrogen (secondary N) is 1. The maximum absolute atomic E-state index is 11.9. The molecule has 0 radical (unpaired) electrons. The number of alkyl halides is 1. The van der Waals surface area contributed by atoms with Crippen LogP contribution in [0.3, 0.4) is 0 Å². The molecule has 2 heteroatoms. The minimum absolute atomic E-state index is 0.0153. The summed E-state index contributed by atoms with van der Waals surface area (Å²) in [5, 5.41) is 3.16. The summed E-state index contributed by atoms with van der Waals surface area (Å²) in [7, 11) is 0. The number of halogens is 1. The van der Waals surface area contributed by atoms with Crippen LogP contribution in [-0.2, 0) is 0 Å². The molecule has 0 saturated carbocycles. The zero-order valence-corrected chi connectivity index (χ0v) is 7.15. The lowest BCUT2D eigenvalue weighted by atomic mass is 10.2. The number of hydrogen-bond acceptors (Lipinski definition) is 1. The molecule has 0 aromatic heterocycles. The van der Waals surface area contributed by atoms with Crippen LogP contribution in [0, 0.1) is 0 Å². The van der Waals surface area contributed by atoms with Gasteiger partial charge in [0.05, 0.1) is 0 Å². The zero-order chi connectivity index (χ0) is 7.98. The van der Waals surface area contributed by atoms with Crippen molar-refractivity contribution in [2.75, 3.05) is 6.67 Å². The fourth-order valence-electron chi connectivity index (χ4n) is 1.05. The average Bonchev–Trinajstić information content (AvgIpc) is 1.88. The summed E-state index contributed by atoms with van der Waals surface area (Å²) in [6.45, 7) is 5.83. The van der Waals surface area contributed by atoms with Crippen molar-refractivity contribution in [3.63, 3.8) is 0 Å². The molecular formula is C8H18FN. The second-order valence-electron chi connectivity index (χ2n) is 2.91. The lowest BCUT2D eigenvalue weighted by Crippen LogP contribution is -2.35. The minimum Gasteiger partial charge on any atom is -0.309 e. The summed E-state index contributed by atoms with van der Waals surface area (Å²) in [6, 6.07) is 0.470. The van der Waals surface area contributed by atoms with Crippen LogP contribution < -0.4 is 5.32 Å². The van der Waals surface area contributed by atoms with Gasteiger partial charge in [0.1, 0.15) is 6.67 Å². The largest absolute Gasteiger partial charge is 0.309 e. The predicted octanol–water partition coefficient (Wildman–Crippen LogP) is 2.12.